The maximum atomic E-state index is 4.17. The molecule has 0 radical (unpaired) electrons. The van der Waals surface area contributed by atoms with Crippen molar-refractivity contribution in [3.05, 3.63) is 16.9 Å². The van der Waals surface area contributed by atoms with E-state index < -0.39 is 0 Å². The number of anilines is 1. The van der Waals surface area contributed by atoms with Crippen molar-refractivity contribution in [3.8, 4) is 0 Å². The summed E-state index contributed by atoms with van der Waals surface area (Å²) in [6.07, 6.45) is 10.4. The highest BCUT2D eigenvalue weighted by molar-refractivity contribution is 9.10. The van der Waals surface area contributed by atoms with Crippen LogP contribution < -0.4 is 5.32 Å². The second-order valence-electron chi connectivity index (χ2n) is 4.09. The van der Waals surface area contributed by atoms with Gasteiger partial charge in [0.25, 0.3) is 0 Å². The van der Waals surface area contributed by atoms with Crippen molar-refractivity contribution < 1.29 is 0 Å². The van der Waals surface area contributed by atoms with Gasteiger partial charge in [-0.3, -0.25) is 0 Å². The largest absolute Gasteiger partial charge is 0.354 e. The van der Waals surface area contributed by atoms with Gasteiger partial charge in [-0.1, -0.05) is 25.7 Å². The first kappa shape index (κ1) is 10.9. The summed E-state index contributed by atoms with van der Waals surface area (Å²) in [6.45, 7) is 0.992. The summed E-state index contributed by atoms with van der Waals surface area (Å²) >= 11 is 3.31. The van der Waals surface area contributed by atoms with Crippen LogP contribution in [-0.2, 0) is 0 Å². The molecule has 4 heteroatoms. The van der Waals surface area contributed by atoms with Crippen molar-refractivity contribution in [2.24, 2.45) is 5.92 Å². The summed E-state index contributed by atoms with van der Waals surface area (Å²) in [5.41, 5.74) is 0. The fourth-order valence-corrected chi connectivity index (χ4v) is 2.30. The van der Waals surface area contributed by atoms with Gasteiger partial charge in [-0.15, -0.1) is 0 Å². The maximum Gasteiger partial charge on any atom is 0.222 e. The Kier molecular flexibility index (Phi) is 3.94. The smallest absolute Gasteiger partial charge is 0.222 e. The number of nitrogens with one attached hydrogen (secondary N) is 1. The summed E-state index contributed by atoms with van der Waals surface area (Å²) in [7, 11) is 0. The van der Waals surface area contributed by atoms with Crippen LogP contribution in [0, 0.1) is 5.92 Å². The monoisotopic (exact) mass is 269 g/mol. The number of rotatable bonds is 4. The van der Waals surface area contributed by atoms with Crippen molar-refractivity contribution in [1.29, 1.82) is 0 Å². The highest BCUT2D eigenvalue weighted by Crippen LogP contribution is 2.27. The van der Waals surface area contributed by atoms with Crippen molar-refractivity contribution in [2.45, 2.75) is 32.1 Å². The molecule has 1 aliphatic carbocycles. The van der Waals surface area contributed by atoms with Crippen LogP contribution in [0.25, 0.3) is 0 Å². The minimum absolute atomic E-state index is 0.733. The third-order valence-corrected chi connectivity index (χ3v) is 3.34. The Hall–Kier alpha value is -0.640. The fourth-order valence-electron chi connectivity index (χ4n) is 2.09. The van der Waals surface area contributed by atoms with Gasteiger partial charge >= 0.3 is 0 Å². The molecule has 0 spiro atoms. The molecule has 1 fully saturated rings. The SMILES string of the molecule is Brc1cnc(NCCC2CCCC2)nc1. The predicted molar refractivity (Wildman–Crippen MR) is 64.8 cm³/mol. The zero-order valence-electron chi connectivity index (χ0n) is 8.75. The number of nitrogens with zero attached hydrogens (tertiary/aromatic N) is 2. The molecule has 0 aliphatic heterocycles. The minimum Gasteiger partial charge on any atom is -0.354 e. The fraction of sp³-hybridized carbons (Fsp3) is 0.636. The Morgan fingerprint density at radius 1 is 1.27 bits per heavy atom. The highest BCUT2D eigenvalue weighted by Gasteiger charge is 2.14. The van der Waals surface area contributed by atoms with Gasteiger partial charge in [-0.25, -0.2) is 9.97 Å². The molecule has 1 aromatic rings. The van der Waals surface area contributed by atoms with E-state index >= 15 is 0 Å². The first-order valence-corrected chi connectivity index (χ1v) is 6.35. The van der Waals surface area contributed by atoms with Crippen molar-refractivity contribution in [2.75, 3.05) is 11.9 Å². The van der Waals surface area contributed by atoms with Gasteiger partial charge in [0.05, 0.1) is 4.47 Å². The molecule has 15 heavy (non-hydrogen) atoms. The van der Waals surface area contributed by atoms with Gasteiger partial charge < -0.3 is 5.32 Å². The number of hydrogen-bond donors (Lipinski definition) is 1. The van der Waals surface area contributed by atoms with Gasteiger partial charge in [-0.05, 0) is 28.3 Å². The van der Waals surface area contributed by atoms with Gasteiger partial charge in [0.15, 0.2) is 0 Å². The molecule has 1 saturated carbocycles. The Morgan fingerprint density at radius 2 is 1.93 bits per heavy atom. The molecule has 0 amide bonds. The van der Waals surface area contributed by atoms with E-state index in [1.165, 1.54) is 32.1 Å². The molecule has 1 heterocycles. The molecule has 82 valence electrons. The lowest BCUT2D eigenvalue weighted by Crippen LogP contribution is -2.08. The lowest BCUT2D eigenvalue weighted by atomic mass is 10.0. The van der Waals surface area contributed by atoms with Crippen molar-refractivity contribution in [3.63, 3.8) is 0 Å². The van der Waals surface area contributed by atoms with Crippen molar-refractivity contribution >= 4 is 21.9 Å². The molecule has 1 aromatic heterocycles. The zero-order valence-corrected chi connectivity index (χ0v) is 10.3. The molecule has 0 saturated heterocycles. The highest BCUT2D eigenvalue weighted by atomic mass is 79.9. The number of halogens is 1. The van der Waals surface area contributed by atoms with Crippen LogP contribution in [0.2, 0.25) is 0 Å². The molecule has 1 N–H and O–H groups in total. The third-order valence-electron chi connectivity index (χ3n) is 2.93. The Balaban J connectivity index is 1.71. The summed E-state index contributed by atoms with van der Waals surface area (Å²) in [5.74, 6) is 1.66. The first-order chi connectivity index (χ1) is 7.34. The van der Waals surface area contributed by atoms with Crippen molar-refractivity contribution in [1.82, 2.24) is 9.97 Å². The van der Waals surface area contributed by atoms with E-state index in [1.54, 1.807) is 12.4 Å². The van der Waals surface area contributed by atoms with Gasteiger partial charge in [0, 0.05) is 18.9 Å². The first-order valence-electron chi connectivity index (χ1n) is 5.56. The molecule has 0 unspecified atom stereocenters. The summed E-state index contributed by atoms with van der Waals surface area (Å²) in [4.78, 5) is 8.35. The minimum atomic E-state index is 0.733. The Labute approximate surface area is 98.8 Å². The van der Waals surface area contributed by atoms with Gasteiger partial charge in [-0.2, -0.15) is 0 Å². The lowest BCUT2D eigenvalue weighted by molar-refractivity contribution is 0.518. The average molecular weight is 270 g/mol. The summed E-state index contributed by atoms with van der Waals surface area (Å²) in [5, 5.41) is 3.26. The van der Waals surface area contributed by atoms with Crippen LogP contribution in [-0.4, -0.2) is 16.5 Å². The van der Waals surface area contributed by atoms with E-state index in [9.17, 15) is 0 Å². The second kappa shape index (κ2) is 5.45. The topological polar surface area (TPSA) is 37.8 Å². The van der Waals surface area contributed by atoms with Crippen LogP contribution in [0.15, 0.2) is 16.9 Å². The van der Waals surface area contributed by atoms with Crippen LogP contribution in [0.1, 0.15) is 32.1 Å². The lowest BCUT2D eigenvalue weighted by Gasteiger charge is -2.09. The number of aromatic nitrogens is 2. The molecular weight excluding hydrogens is 254 g/mol. The molecule has 0 bridgehead atoms. The van der Waals surface area contributed by atoms with Gasteiger partial charge in [0.1, 0.15) is 0 Å². The van der Waals surface area contributed by atoms with E-state index in [4.69, 9.17) is 0 Å². The normalized spacial score (nSPS) is 16.9. The van der Waals surface area contributed by atoms with Crippen LogP contribution >= 0.6 is 15.9 Å². The summed E-state index contributed by atoms with van der Waals surface area (Å²) in [6, 6.07) is 0. The maximum absolute atomic E-state index is 4.17. The average Bonchev–Trinajstić information content (AvgIpc) is 2.74. The van der Waals surface area contributed by atoms with Crippen LogP contribution in [0.3, 0.4) is 0 Å². The van der Waals surface area contributed by atoms with E-state index in [2.05, 4.69) is 31.2 Å². The van der Waals surface area contributed by atoms with Gasteiger partial charge in [0.2, 0.25) is 5.95 Å². The van der Waals surface area contributed by atoms with Crippen LogP contribution in [0.5, 0.6) is 0 Å². The molecule has 3 nitrogen and oxygen atoms in total. The standard InChI is InChI=1S/C11H16BrN3/c12-10-7-14-11(15-8-10)13-6-5-9-3-1-2-4-9/h7-9H,1-6H2,(H,13,14,15). The quantitative estimate of drug-likeness (QED) is 0.912. The van der Waals surface area contributed by atoms with E-state index in [-0.39, 0.29) is 0 Å². The number of hydrogen-bond acceptors (Lipinski definition) is 3. The third kappa shape index (κ3) is 3.45. The Morgan fingerprint density at radius 3 is 2.60 bits per heavy atom. The molecule has 2 rings (SSSR count). The molecular formula is C11H16BrN3. The predicted octanol–water partition coefficient (Wildman–Crippen LogP) is 3.23. The van der Waals surface area contributed by atoms with E-state index in [0.717, 1.165) is 22.9 Å². The summed E-state index contributed by atoms with van der Waals surface area (Å²) < 4.78 is 0.920. The molecule has 0 aromatic carbocycles. The zero-order chi connectivity index (χ0) is 10.5. The van der Waals surface area contributed by atoms with Crippen LogP contribution in [0.4, 0.5) is 5.95 Å². The molecule has 0 atom stereocenters. The Bertz CT molecular complexity index is 293. The second-order valence-corrected chi connectivity index (χ2v) is 5.01. The van der Waals surface area contributed by atoms with E-state index in [1.807, 2.05) is 0 Å². The molecule has 1 aliphatic rings. The van der Waals surface area contributed by atoms with E-state index in [0.29, 0.717) is 0 Å².